The number of methoxy groups -OCH3 is 1. The van der Waals surface area contributed by atoms with Gasteiger partial charge in [0.25, 0.3) is 5.56 Å². The zero-order chi connectivity index (χ0) is 26.7. The molecule has 3 aromatic rings. The van der Waals surface area contributed by atoms with Crippen molar-refractivity contribution in [1.82, 2.24) is 4.57 Å². The van der Waals surface area contributed by atoms with Crippen LogP contribution in [-0.2, 0) is 9.53 Å². The van der Waals surface area contributed by atoms with Gasteiger partial charge in [0.1, 0.15) is 6.61 Å². The average molecular weight is 537 g/mol. The molecule has 0 saturated heterocycles. The molecule has 37 heavy (non-hydrogen) atoms. The summed E-state index contributed by atoms with van der Waals surface area (Å²) in [6, 6.07) is 11.6. The van der Waals surface area contributed by atoms with E-state index < -0.39 is 12.0 Å². The number of terminal acetylenes is 1. The molecule has 0 fully saturated rings. The standard InChI is InChI=1S/C28H25ClN2O5S/c1-6-13-35-21-12-7-18(14-22(21)34-5)15-23-26(32)31-25(19-8-10-20(29)11-9-19)24(27(33)36-16(2)3)17(4)30-28(31)37-23/h1,7-12,14-16,25H,13H2,2-5H3. The number of rotatable bonds is 7. The Kier molecular flexibility index (Phi) is 7.86. The van der Waals surface area contributed by atoms with Gasteiger partial charge in [0.2, 0.25) is 0 Å². The summed E-state index contributed by atoms with van der Waals surface area (Å²) in [7, 11) is 1.53. The monoisotopic (exact) mass is 536 g/mol. The number of hydrogen-bond acceptors (Lipinski definition) is 7. The topological polar surface area (TPSA) is 79.1 Å². The van der Waals surface area contributed by atoms with Gasteiger partial charge in [-0.1, -0.05) is 47.1 Å². The van der Waals surface area contributed by atoms with Crippen molar-refractivity contribution in [2.24, 2.45) is 4.99 Å². The minimum absolute atomic E-state index is 0.111. The second kappa shape index (κ2) is 11.1. The average Bonchev–Trinajstić information content (AvgIpc) is 3.16. The van der Waals surface area contributed by atoms with Gasteiger partial charge >= 0.3 is 5.97 Å². The predicted octanol–water partition coefficient (Wildman–Crippen LogP) is 3.86. The SMILES string of the molecule is C#CCOc1ccc(C=c2sc3n(c2=O)C(c2ccc(Cl)cc2)C(C(=O)OC(C)C)=C(C)N=3)cc1OC. The van der Waals surface area contributed by atoms with Crippen LogP contribution in [0.3, 0.4) is 0 Å². The number of carbonyl (C=O) groups excluding carboxylic acids is 1. The van der Waals surface area contributed by atoms with Crippen molar-refractivity contribution in [3.05, 3.63) is 89.6 Å². The molecule has 2 aromatic carbocycles. The van der Waals surface area contributed by atoms with Gasteiger partial charge in [-0.3, -0.25) is 9.36 Å². The quantitative estimate of drug-likeness (QED) is 0.338. The van der Waals surface area contributed by atoms with Crippen LogP contribution in [-0.4, -0.2) is 30.4 Å². The van der Waals surface area contributed by atoms with Crippen molar-refractivity contribution < 1.29 is 19.0 Å². The van der Waals surface area contributed by atoms with Crippen molar-refractivity contribution in [2.45, 2.75) is 32.9 Å². The highest BCUT2D eigenvalue weighted by molar-refractivity contribution is 7.07. The van der Waals surface area contributed by atoms with Gasteiger partial charge in [-0.15, -0.1) is 6.42 Å². The van der Waals surface area contributed by atoms with E-state index in [2.05, 4.69) is 10.9 Å². The first-order chi connectivity index (χ1) is 17.7. The Morgan fingerprint density at radius 3 is 2.62 bits per heavy atom. The summed E-state index contributed by atoms with van der Waals surface area (Å²) >= 11 is 7.35. The molecule has 1 atom stereocenters. The first kappa shape index (κ1) is 26.3. The molecule has 0 spiro atoms. The number of thiazole rings is 1. The molecule has 0 amide bonds. The predicted molar refractivity (Wildman–Crippen MR) is 144 cm³/mol. The third-order valence-corrected chi connectivity index (χ3v) is 6.80. The van der Waals surface area contributed by atoms with Crippen molar-refractivity contribution in [3.8, 4) is 23.8 Å². The van der Waals surface area contributed by atoms with Gasteiger partial charge in [-0.05, 0) is 62.2 Å². The second-order valence-corrected chi connectivity index (χ2v) is 9.94. The van der Waals surface area contributed by atoms with Gasteiger partial charge in [0.05, 0.1) is 35.1 Å². The summed E-state index contributed by atoms with van der Waals surface area (Å²) in [6.45, 7) is 5.41. The summed E-state index contributed by atoms with van der Waals surface area (Å²) in [5.41, 5.74) is 1.98. The lowest BCUT2D eigenvalue weighted by molar-refractivity contribution is -0.143. The van der Waals surface area contributed by atoms with Crippen LogP contribution in [0.15, 0.2) is 63.5 Å². The number of allylic oxidation sites excluding steroid dienone is 1. The number of halogens is 1. The number of fused-ring (bicyclic) bond motifs is 1. The molecule has 1 aliphatic rings. The zero-order valence-corrected chi connectivity index (χ0v) is 22.4. The fourth-order valence-electron chi connectivity index (χ4n) is 3.98. The Balaban J connectivity index is 1.87. The maximum Gasteiger partial charge on any atom is 0.338 e. The fraction of sp³-hybridized carbons (Fsp3) is 0.250. The van der Waals surface area contributed by atoms with Crippen LogP contribution >= 0.6 is 22.9 Å². The Hall–Kier alpha value is -3.80. The first-order valence-corrected chi connectivity index (χ1v) is 12.7. The van der Waals surface area contributed by atoms with Crippen LogP contribution in [0.25, 0.3) is 6.08 Å². The van der Waals surface area contributed by atoms with E-state index in [-0.39, 0.29) is 18.3 Å². The number of esters is 1. The molecular formula is C28H25ClN2O5S. The largest absolute Gasteiger partial charge is 0.493 e. The lowest BCUT2D eigenvalue weighted by Crippen LogP contribution is -2.40. The van der Waals surface area contributed by atoms with Gasteiger partial charge in [0, 0.05) is 5.02 Å². The molecule has 0 aliphatic carbocycles. The van der Waals surface area contributed by atoms with Crippen molar-refractivity contribution >= 4 is 35.0 Å². The summed E-state index contributed by atoms with van der Waals surface area (Å²) in [6.07, 6.45) is 6.71. The molecule has 0 saturated carbocycles. The lowest BCUT2D eigenvalue weighted by atomic mass is 9.96. The Bertz CT molecular complexity index is 1590. The van der Waals surface area contributed by atoms with Gasteiger partial charge in [-0.25, -0.2) is 9.79 Å². The highest BCUT2D eigenvalue weighted by Crippen LogP contribution is 2.32. The van der Waals surface area contributed by atoms with Crippen LogP contribution in [0.5, 0.6) is 11.5 Å². The highest BCUT2D eigenvalue weighted by Gasteiger charge is 2.33. The minimum Gasteiger partial charge on any atom is -0.493 e. The third kappa shape index (κ3) is 5.48. The number of aromatic nitrogens is 1. The molecule has 4 rings (SSSR count). The van der Waals surface area contributed by atoms with Crippen LogP contribution in [0.1, 0.15) is 37.9 Å². The zero-order valence-electron chi connectivity index (χ0n) is 20.8. The Morgan fingerprint density at radius 2 is 1.97 bits per heavy atom. The van der Waals surface area contributed by atoms with Gasteiger partial charge in [0.15, 0.2) is 16.3 Å². The number of benzene rings is 2. The lowest BCUT2D eigenvalue weighted by Gasteiger charge is -2.25. The number of hydrogen-bond donors (Lipinski definition) is 0. The van der Waals surface area contributed by atoms with E-state index >= 15 is 0 Å². The van der Waals surface area contributed by atoms with Crippen LogP contribution in [0, 0.1) is 12.3 Å². The van der Waals surface area contributed by atoms with Gasteiger partial charge in [-0.2, -0.15) is 0 Å². The van der Waals surface area contributed by atoms with Crippen molar-refractivity contribution in [2.75, 3.05) is 13.7 Å². The molecule has 0 radical (unpaired) electrons. The molecular weight excluding hydrogens is 512 g/mol. The second-order valence-electron chi connectivity index (χ2n) is 8.49. The molecule has 1 unspecified atom stereocenters. The van der Waals surface area contributed by atoms with Crippen molar-refractivity contribution in [1.29, 1.82) is 0 Å². The first-order valence-electron chi connectivity index (χ1n) is 11.5. The summed E-state index contributed by atoms with van der Waals surface area (Å²) in [4.78, 5) is 32.0. The molecule has 1 aromatic heterocycles. The smallest absolute Gasteiger partial charge is 0.338 e. The van der Waals surface area contributed by atoms with Crippen LogP contribution in [0.2, 0.25) is 5.02 Å². The highest BCUT2D eigenvalue weighted by atomic mass is 35.5. The molecule has 0 bridgehead atoms. The molecule has 0 N–H and O–H groups in total. The van der Waals surface area contributed by atoms with E-state index in [1.54, 1.807) is 69.3 Å². The summed E-state index contributed by atoms with van der Waals surface area (Å²) in [5.74, 6) is 2.90. The molecule has 7 nitrogen and oxygen atoms in total. The molecule has 190 valence electrons. The van der Waals surface area contributed by atoms with Crippen molar-refractivity contribution in [3.63, 3.8) is 0 Å². The summed E-state index contributed by atoms with van der Waals surface area (Å²) in [5, 5.41) is 0.548. The van der Waals surface area contributed by atoms with E-state index in [0.29, 0.717) is 37.1 Å². The normalized spacial score (nSPS) is 15.2. The van der Waals surface area contributed by atoms with E-state index in [4.69, 9.17) is 32.2 Å². The van der Waals surface area contributed by atoms with E-state index in [1.807, 2.05) is 0 Å². The third-order valence-electron chi connectivity index (χ3n) is 5.57. The van der Waals surface area contributed by atoms with Gasteiger partial charge < -0.3 is 14.2 Å². The van der Waals surface area contributed by atoms with E-state index in [9.17, 15) is 9.59 Å². The minimum atomic E-state index is -0.712. The number of nitrogens with zero attached hydrogens (tertiary/aromatic N) is 2. The molecule has 9 heteroatoms. The Labute approximate surface area is 223 Å². The maximum atomic E-state index is 13.7. The number of ether oxygens (including phenoxy) is 3. The Morgan fingerprint density at radius 1 is 1.24 bits per heavy atom. The van der Waals surface area contributed by atoms with E-state index in [0.717, 1.165) is 11.1 Å². The fourth-order valence-corrected chi connectivity index (χ4v) is 5.16. The van der Waals surface area contributed by atoms with Crippen LogP contribution < -0.4 is 24.4 Å². The van der Waals surface area contributed by atoms with E-state index in [1.165, 1.54) is 23.0 Å². The summed E-state index contributed by atoms with van der Waals surface area (Å²) < 4.78 is 18.4. The maximum absolute atomic E-state index is 13.7. The molecule has 1 aliphatic heterocycles. The molecule has 2 heterocycles. The number of carbonyl (C=O) groups is 1. The van der Waals surface area contributed by atoms with Crippen LogP contribution in [0.4, 0.5) is 0 Å².